The first kappa shape index (κ1) is 27.8. The lowest BCUT2D eigenvalue weighted by atomic mass is 10.0. The monoisotopic (exact) mass is 567 g/mol. The van der Waals surface area contributed by atoms with Gasteiger partial charge in [-0.2, -0.15) is 0 Å². The van der Waals surface area contributed by atoms with Crippen LogP contribution in [0.2, 0.25) is 0 Å². The molecule has 6 rings (SSSR count). The number of aldehydes is 1. The lowest BCUT2D eigenvalue weighted by molar-refractivity contribution is 0.111. The summed E-state index contributed by atoms with van der Waals surface area (Å²) in [6.45, 7) is 0.163. The van der Waals surface area contributed by atoms with E-state index in [9.17, 15) is 4.79 Å². The Balaban J connectivity index is 1.30. The van der Waals surface area contributed by atoms with Gasteiger partial charge in [0.15, 0.2) is 12.0 Å². The van der Waals surface area contributed by atoms with Gasteiger partial charge in [-0.15, -0.1) is 0 Å². The van der Waals surface area contributed by atoms with Crippen LogP contribution in [-0.4, -0.2) is 21.2 Å². The van der Waals surface area contributed by atoms with E-state index in [1.165, 1.54) is 0 Å². The van der Waals surface area contributed by atoms with Gasteiger partial charge in [-0.3, -0.25) is 14.8 Å². The summed E-state index contributed by atoms with van der Waals surface area (Å²) in [5.41, 5.74) is 8.53. The molecule has 3 aromatic heterocycles. The van der Waals surface area contributed by atoms with Gasteiger partial charge in [0, 0.05) is 35.9 Å². The zero-order valence-electron chi connectivity index (χ0n) is 23.6. The second kappa shape index (κ2) is 13.6. The summed E-state index contributed by atoms with van der Waals surface area (Å²) in [6, 6.07) is 35.1. The van der Waals surface area contributed by atoms with E-state index in [1.54, 1.807) is 36.9 Å². The van der Waals surface area contributed by atoms with Crippen LogP contribution in [0.1, 0.15) is 38.4 Å². The summed E-state index contributed by atoms with van der Waals surface area (Å²) in [5.74, 6) is 13.6. The van der Waals surface area contributed by atoms with Crippen molar-refractivity contribution in [3.8, 4) is 51.7 Å². The van der Waals surface area contributed by atoms with E-state index in [0.717, 1.165) is 39.7 Å². The van der Waals surface area contributed by atoms with Crippen LogP contribution in [0.15, 0.2) is 134 Å². The molecule has 0 atom stereocenters. The lowest BCUT2D eigenvalue weighted by Crippen LogP contribution is -2.03. The molecule has 0 aliphatic carbocycles. The molecule has 0 amide bonds. The predicted octanol–water partition coefficient (Wildman–Crippen LogP) is 7.40. The molecule has 0 saturated carbocycles. The predicted molar refractivity (Wildman–Crippen MR) is 172 cm³/mol. The topological polar surface area (TPSA) is 65.0 Å². The molecular weight excluding hydrogens is 542 g/mol. The van der Waals surface area contributed by atoms with Gasteiger partial charge in [-0.25, -0.2) is 4.98 Å². The van der Waals surface area contributed by atoms with Crippen molar-refractivity contribution < 1.29 is 9.53 Å². The maximum absolute atomic E-state index is 11.2. The van der Waals surface area contributed by atoms with Crippen molar-refractivity contribution in [2.24, 2.45) is 0 Å². The third-order valence-electron chi connectivity index (χ3n) is 6.81. The van der Waals surface area contributed by atoms with Gasteiger partial charge >= 0.3 is 0 Å². The molecule has 3 aromatic carbocycles. The molecule has 0 aliphatic heterocycles. The van der Waals surface area contributed by atoms with Crippen molar-refractivity contribution in [1.82, 2.24) is 15.0 Å². The van der Waals surface area contributed by atoms with E-state index in [0.29, 0.717) is 28.3 Å². The van der Waals surface area contributed by atoms with Gasteiger partial charge in [-0.1, -0.05) is 60.1 Å². The first-order valence-corrected chi connectivity index (χ1v) is 14.0. The zero-order valence-corrected chi connectivity index (χ0v) is 23.6. The van der Waals surface area contributed by atoms with E-state index in [2.05, 4.69) is 38.6 Å². The van der Waals surface area contributed by atoms with Crippen LogP contribution in [0, 0.1) is 23.7 Å². The molecule has 0 unspecified atom stereocenters. The van der Waals surface area contributed by atoms with Crippen LogP contribution < -0.4 is 4.74 Å². The molecule has 208 valence electrons. The third kappa shape index (κ3) is 6.94. The molecule has 0 N–H and O–H groups in total. The molecule has 5 nitrogen and oxygen atoms in total. The highest BCUT2D eigenvalue weighted by Crippen LogP contribution is 2.25. The maximum atomic E-state index is 11.2. The molecule has 0 saturated heterocycles. The fourth-order valence-electron chi connectivity index (χ4n) is 4.54. The standard InChI is InChI=1S/C39H25N3O2/c43-27-37-5-2-6-38(42-37)28-44-39-35(17-11-29-7-13-31(14-8-29)33-19-23-40-24-20-33)3-1-4-36(39)18-12-30-9-15-32(16-10-30)34-21-25-41-26-22-34/h1-10,13-16,19-27H,28H2. The number of rotatable bonds is 6. The van der Waals surface area contributed by atoms with E-state index < -0.39 is 0 Å². The minimum atomic E-state index is 0.163. The van der Waals surface area contributed by atoms with E-state index in [4.69, 9.17) is 4.74 Å². The Hall–Kier alpha value is -6.30. The normalized spacial score (nSPS) is 10.1. The van der Waals surface area contributed by atoms with Gasteiger partial charge in [0.05, 0.1) is 16.8 Å². The first-order chi connectivity index (χ1) is 21.7. The Morgan fingerprint density at radius 1 is 0.545 bits per heavy atom. The average molecular weight is 568 g/mol. The number of hydrogen-bond acceptors (Lipinski definition) is 5. The maximum Gasteiger partial charge on any atom is 0.168 e. The van der Waals surface area contributed by atoms with Crippen LogP contribution >= 0.6 is 0 Å². The SMILES string of the molecule is O=Cc1cccc(COc2c(C#Cc3ccc(-c4ccncc4)cc3)cccc2C#Cc2ccc(-c3ccncc3)cc2)n1. The highest BCUT2D eigenvalue weighted by atomic mass is 16.5. The van der Waals surface area contributed by atoms with Gasteiger partial charge in [0.1, 0.15) is 12.3 Å². The fraction of sp³-hybridized carbons (Fsp3) is 0.0256. The Morgan fingerprint density at radius 2 is 1.02 bits per heavy atom. The molecule has 0 aliphatic rings. The molecule has 0 spiro atoms. The van der Waals surface area contributed by atoms with Gasteiger partial charge in [0.25, 0.3) is 0 Å². The number of carbonyl (C=O) groups excluding carboxylic acids is 1. The second-order valence-corrected chi connectivity index (χ2v) is 9.77. The number of benzene rings is 3. The Bertz CT molecular complexity index is 1900. The molecule has 0 radical (unpaired) electrons. The minimum Gasteiger partial charge on any atom is -0.485 e. The van der Waals surface area contributed by atoms with Crippen LogP contribution in [0.5, 0.6) is 5.75 Å². The third-order valence-corrected chi connectivity index (χ3v) is 6.81. The van der Waals surface area contributed by atoms with Crippen molar-refractivity contribution in [2.75, 3.05) is 0 Å². The highest BCUT2D eigenvalue weighted by Gasteiger charge is 2.09. The Labute approximate surface area is 256 Å². The summed E-state index contributed by atoms with van der Waals surface area (Å²) in [4.78, 5) is 23.8. The van der Waals surface area contributed by atoms with Crippen molar-refractivity contribution in [3.05, 3.63) is 168 Å². The van der Waals surface area contributed by atoms with Gasteiger partial charge in [0.2, 0.25) is 0 Å². The number of hydrogen-bond donors (Lipinski definition) is 0. The summed E-state index contributed by atoms with van der Waals surface area (Å²) in [5, 5.41) is 0. The molecule has 0 bridgehead atoms. The fourth-order valence-corrected chi connectivity index (χ4v) is 4.54. The minimum absolute atomic E-state index is 0.163. The number of aromatic nitrogens is 3. The number of carbonyl (C=O) groups is 1. The molecule has 0 fully saturated rings. The van der Waals surface area contributed by atoms with Crippen LogP contribution in [0.3, 0.4) is 0 Å². The van der Waals surface area contributed by atoms with Crippen molar-refractivity contribution in [2.45, 2.75) is 6.61 Å². The van der Waals surface area contributed by atoms with Crippen molar-refractivity contribution >= 4 is 6.29 Å². The van der Waals surface area contributed by atoms with E-state index in [-0.39, 0.29) is 6.61 Å². The van der Waals surface area contributed by atoms with E-state index >= 15 is 0 Å². The Kier molecular flexibility index (Phi) is 8.59. The quantitative estimate of drug-likeness (QED) is 0.155. The zero-order chi connectivity index (χ0) is 30.0. The van der Waals surface area contributed by atoms with E-state index in [1.807, 2.05) is 97.1 Å². The number of ether oxygens (including phenoxy) is 1. The lowest BCUT2D eigenvalue weighted by Gasteiger charge is -2.11. The second-order valence-electron chi connectivity index (χ2n) is 9.77. The smallest absolute Gasteiger partial charge is 0.168 e. The van der Waals surface area contributed by atoms with Crippen molar-refractivity contribution in [1.29, 1.82) is 0 Å². The van der Waals surface area contributed by atoms with Crippen LogP contribution in [-0.2, 0) is 6.61 Å². The molecule has 3 heterocycles. The molecular formula is C39H25N3O2. The molecule has 6 aromatic rings. The first-order valence-electron chi connectivity index (χ1n) is 14.0. The summed E-state index contributed by atoms with van der Waals surface area (Å²) in [7, 11) is 0. The molecule has 44 heavy (non-hydrogen) atoms. The number of nitrogens with zero attached hydrogens (tertiary/aromatic N) is 3. The number of pyridine rings is 3. The average Bonchev–Trinajstić information content (AvgIpc) is 3.10. The largest absolute Gasteiger partial charge is 0.485 e. The van der Waals surface area contributed by atoms with Crippen LogP contribution in [0.25, 0.3) is 22.3 Å². The van der Waals surface area contributed by atoms with Gasteiger partial charge in [-0.05, 0) is 95.1 Å². The highest BCUT2D eigenvalue weighted by molar-refractivity contribution is 5.71. The summed E-state index contributed by atoms with van der Waals surface area (Å²) >= 11 is 0. The van der Waals surface area contributed by atoms with Crippen LogP contribution in [0.4, 0.5) is 0 Å². The number of para-hydroxylation sites is 1. The van der Waals surface area contributed by atoms with Crippen molar-refractivity contribution in [3.63, 3.8) is 0 Å². The Morgan fingerprint density at radius 3 is 1.52 bits per heavy atom. The molecule has 5 heteroatoms. The van der Waals surface area contributed by atoms with Gasteiger partial charge < -0.3 is 4.74 Å². The summed E-state index contributed by atoms with van der Waals surface area (Å²) < 4.78 is 6.29. The summed E-state index contributed by atoms with van der Waals surface area (Å²) in [6.07, 6.45) is 7.84.